The predicted molar refractivity (Wildman–Crippen MR) is 66.9 cm³/mol. The molecule has 1 atom stereocenters. The van der Waals surface area contributed by atoms with E-state index in [9.17, 15) is 0 Å². The van der Waals surface area contributed by atoms with E-state index in [1.165, 1.54) is 18.4 Å². The summed E-state index contributed by atoms with van der Waals surface area (Å²) >= 11 is 0. The SMILES string of the molecule is Cc1ncccc1CNC1CCCOC1.Cl. The number of nitrogens with one attached hydrogen (secondary N) is 1. The van der Waals surface area contributed by atoms with Crippen molar-refractivity contribution in [2.45, 2.75) is 32.4 Å². The van der Waals surface area contributed by atoms with Gasteiger partial charge >= 0.3 is 0 Å². The summed E-state index contributed by atoms with van der Waals surface area (Å²) < 4.78 is 5.42. The number of ether oxygens (including phenoxy) is 1. The Bertz CT molecular complexity index is 314. The van der Waals surface area contributed by atoms with Crippen molar-refractivity contribution < 1.29 is 4.74 Å². The van der Waals surface area contributed by atoms with Gasteiger partial charge in [-0.15, -0.1) is 12.4 Å². The van der Waals surface area contributed by atoms with E-state index in [1.54, 1.807) is 0 Å². The number of hydrogen-bond acceptors (Lipinski definition) is 3. The molecule has 1 aromatic heterocycles. The summed E-state index contributed by atoms with van der Waals surface area (Å²) in [4.78, 5) is 4.27. The van der Waals surface area contributed by atoms with E-state index in [4.69, 9.17) is 4.74 Å². The van der Waals surface area contributed by atoms with Gasteiger partial charge in [0, 0.05) is 31.1 Å². The first-order chi connectivity index (χ1) is 7.36. The lowest BCUT2D eigenvalue weighted by Crippen LogP contribution is -2.36. The van der Waals surface area contributed by atoms with Crippen molar-refractivity contribution in [3.05, 3.63) is 29.6 Å². The molecule has 1 N–H and O–H groups in total. The molecule has 0 radical (unpaired) electrons. The van der Waals surface area contributed by atoms with Crippen molar-refractivity contribution in [2.75, 3.05) is 13.2 Å². The molecule has 90 valence electrons. The van der Waals surface area contributed by atoms with Gasteiger partial charge < -0.3 is 10.1 Å². The second kappa shape index (κ2) is 6.84. The lowest BCUT2D eigenvalue weighted by molar-refractivity contribution is 0.0699. The quantitative estimate of drug-likeness (QED) is 0.881. The molecule has 1 aliphatic rings. The molecule has 1 unspecified atom stereocenters. The molecule has 0 amide bonds. The lowest BCUT2D eigenvalue weighted by Gasteiger charge is -2.23. The molecular formula is C12H19ClN2O. The molecule has 2 heterocycles. The Morgan fingerprint density at radius 2 is 2.44 bits per heavy atom. The van der Waals surface area contributed by atoms with Gasteiger partial charge in [0.2, 0.25) is 0 Å². The van der Waals surface area contributed by atoms with Crippen LogP contribution < -0.4 is 5.32 Å². The van der Waals surface area contributed by atoms with Gasteiger partial charge in [-0.2, -0.15) is 0 Å². The zero-order chi connectivity index (χ0) is 10.5. The molecule has 3 nitrogen and oxygen atoms in total. The van der Waals surface area contributed by atoms with Gasteiger partial charge in [0.25, 0.3) is 0 Å². The molecule has 1 fully saturated rings. The van der Waals surface area contributed by atoms with Gasteiger partial charge in [0.05, 0.1) is 6.61 Å². The van der Waals surface area contributed by atoms with Gasteiger partial charge in [0.1, 0.15) is 0 Å². The summed E-state index contributed by atoms with van der Waals surface area (Å²) in [7, 11) is 0. The average Bonchev–Trinajstić information content (AvgIpc) is 2.29. The van der Waals surface area contributed by atoms with Crippen molar-refractivity contribution in [1.82, 2.24) is 10.3 Å². The van der Waals surface area contributed by atoms with Crippen LogP contribution >= 0.6 is 12.4 Å². The van der Waals surface area contributed by atoms with Gasteiger partial charge in [-0.25, -0.2) is 0 Å². The van der Waals surface area contributed by atoms with E-state index in [-0.39, 0.29) is 12.4 Å². The highest BCUT2D eigenvalue weighted by molar-refractivity contribution is 5.85. The topological polar surface area (TPSA) is 34.2 Å². The highest BCUT2D eigenvalue weighted by atomic mass is 35.5. The number of aryl methyl sites for hydroxylation is 1. The minimum atomic E-state index is 0. The number of hydrogen-bond donors (Lipinski definition) is 1. The van der Waals surface area contributed by atoms with Crippen LogP contribution in [0.25, 0.3) is 0 Å². The molecular weight excluding hydrogens is 224 g/mol. The van der Waals surface area contributed by atoms with Crippen molar-refractivity contribution >= 4 is 12.4 Å². The minimum absolute atomic E-state index is 0. The smallest absolute Gasteiger partial charge is 0.0619 e. The number of halogens is 1. The summed E-state index contributed by atoms with van der Waals surface area (Å²) in [5, 5.41) is 3.51. The minimum Gasteiger partial charge on any atom is -0.380 e. The second-order valence-corrected chi connectivity index (χ2v) is 4.04. The summed E-state index contributed by atoms with van der Waals surface area (Å²) in [5.74, 6) is 0. The number of rotatable bonds is 3. The molecule has 0 aromatic carbocycles. The fourth-order valence-corrected chi connectivity index (χ4v) is 1.86. The Kier molecular flexibility index (Phi) is 5.74. The highest BCUT2D eigenvalue weighted by Gasteiger charge is 2.12. The Morgan fingerprint density at radius 3 is 3.12 bits per heavy atom. The molecule has 4 heteroatoms. The van der Waals surface area contributed by atoms with Crippen LogP contribution in [0.5, 0.6) is 0 Å². The number of aromatic nitrogens is 1. The Labute approximate surface area is 103 Å². The van der Waals surface area contributed by atoms with Crippen molar-refractivity contribution in [2.24, 2.45) is 0 Å². The highest BCUT2D eigenvalue weighted by Crippen LogP contribution is 2.08. The maximum absolute atomic E-state index is 5.42. The van der Waals surface area contributed by atoms with Crippen molar-refractivity contribution in [3.63, 3.8) is 0 Å². The van der Waals surface area contributed by atoms with Gasteiger partial charge in [-0.1, -0.05) is 6.07 Å². The Balaban J connectivity index is 0.00000128. The zero-order valence-electron chi connectivity index (χ0n) is 9.61. The first-order valence-electron chi connectivity index (χ1n) is 5.58. The summed E-state index contributed by atoms with van der Waals surface area (Å²) in [5.41, 5.74) is 2.39. The molecule has 0 spiro atoms. The first-order valence-corrected chi connectivity index (χ1v) is 5.58. The zero-order valence-corrected chi connectivity index (χ0v) is 10.4. The van der Waals surface area contributed by atoms with Crippen LogP contribution in [0.15, 0.2) is 18.3 Å². The van der Waals surface area contributed by atoms with E-state index in [1.807, 2.05) is 19.2 Å². The Morgan fingerprint density at radius 1 is 1.56 bits per heavy atom. The van der Waals surface area contributed by atoms with Gasteiger partial charge in [0.15, 0.2) is 0 Å². The van der Waals surface area contributed by atoms with Gasteiger partial charge in [-0.05, 0) is 31.4 Å². The molecule has 2 rings (SSSR count). The molecule has 1 aliphatic heterocycles. The molecule has 0 saturated carbocycles. The number of pyridine rings is 1. The maximum Gasteiger partial charge on any atom is 0.0619 e. The summed E-state index contributed by atoms with van der Waals surface area (Å²) in [6.45, 7) is 4.71. The second-order valence-electron chi connectivity index (χ2n) is 4.04. The van der Waals surface area contributed by atoms with Crippen molar-refractivity contribution in [3.8, 4) is 0 Å². The maximum atomic E-state index is 5.42. The molecule has 1 saturated heterocycles. The largest absolute Gasteiger partial charge is 0.380 e. The molecule has 1 aromatic rings. The fourth-order valence-electron chi connectivity index (χ4n) is 1.86. The van der Waals surface area contributed by atoms with Crippen LogP contribution in [-0.2, 0) is 11.3 Å². The molecule has 0 bridgehead atoms. The third-order valence-electron chi connectivity index (χ3n) is 2.86. The number of nitrogens with zero attached hydrogens (tertiary/aromatic N) is 1. The monoisotopic (exact) mass is 242 g/mol. The van der Waals surface area contributed by atoms with E-state index in [2.05, 4.69) is 16.4 Å². The van der Waals surface area contributed by atoms with Crippen LogP contribution in [0.4, 0.5) is 0 Å². The fraction of sp³-hybridized carbons (Fsp3) is 0.583. The molecule has 0 aliphatic carbocycles. The van der Waals surface area contributed by atoms with Crippen LogP contribution in [0.2, 0.25) is 0 Å². The third kappa shape index (κ3) is 3.74. The van der Waals surface area contributed by atoms with E-state index >= 15 is 0 Å². The Hall–Kier alpha value is -0.640. The average molecular weight is 243 g/mol. The lowest BCUT2D eigenvalue weighted by atomic mass is 10.1. The van der Waals surface area contributed by atoms with E-state index in [0.29, 0.717) is 6.04 Å². The van der Waals surface area contributed by atoms with Crippen molar-refractivity contribution in [1.29, 1.82) is 0 Å². The third-order valence-corrected chi connectivity index (χ3v) is 2.86. The standard InChI is InChI=1S/C12H18N2O.ClH/c1-10-11(4-2-6-13-10)8-14-12-5-3-7-15-9-12;/h2,4,6,12,14H,3,5,7-9H2,1H3;1H. The van der Waals surface area contributed by atoms with Gasteiger partial charge in [-0.3, -0.25) is 4.98 Å². The summed E-state index contributed by atoms with van der Waals surface area (Å²) in [6, 6.07) is 4.62. The van der Waals surface area contributed by atoms with Crippen LogP contribution in [0.3, 0.4) is 0 Å². The van der Waals surface area contributed by atoms with E-state index in [0.717, 1.165) is 25.5 Å². The van der Waals surface area contributed by atoms with E-state index < -0.39 is 0 Å². The molecule has 16 heavy (non-hydrogen) atoms. The van der Waals surface area contributed by atoms with Crippen LogP contribution in [0.1, 0.15) is 24.1 Å². The van der Waals surface area contributed by atoms with Crippen LogP contribution in [0, 0.1) is 6.92 Å². The van der Waals surface area contributed by atoms with Crippen LogP contribution in [-0.4, -0.2) is 24.2 Å². The normalized spacial score (nSPS) is 20.2. The summed E-state index contributed by atoms with van der Waals surface area (Å²) in [6.07, 6.45) is 4.23. The first kappa shape index (κ1) is 13.4. The predicted octanol–water partition coefficient (Wildman–Crippen LogP) is 2.08.